The van der Waals surface area contributed by atoms with E-state index in [4.69, 9.17) is 14.2 Å². The van der Waals surface area contributed by atoms with Crippen molar-refractivity contribution in [1.29, 1.82) is 0 Å². The molecule has 3 aromatic rings. The Morgan fingerprint density at radius 2 is 1.67 bits per heavy atom. The molecule has 3 aromatic carbocycles. The second kappa shape index (κ2) is 12.1. The van der Waals surface area contributed by atoms with Gasteiger partial charge in [-0.15, -0.1) is 0 Å². The Labute approximate surface area is 229 Å². The van der Waals surface area contributed by atoms with Crippen LogP contribution in [-0.4, -0.2) is 49.1 Å². The molecule has 1 atom stereocenters. The lowest BCUT2D eigenvalue weighted by molar-refractivity contribution is -0.139. The number of hydrogen-bond acceptors (Lipinski definition) is 6. The average Bonchev–Trinajstić information content (AvgIpc) is 3.21. The van der Waals surface area contributed by atoms with E-state index in [1.165, 1.54) is 4.90 Å². The van der Waals surface area contributed by atoms with Gasteiger partial charge in [0, 0.05) is 12.1 Å². The van der Waals surface area contributed by atoms with Crippen LogP contribution in [0, 0.1) is 0 Å². The fraction of sp³-hybridized carbons (Fsp3) is 0.312. The van der Waals surface area contributed by atoms with Gasteiger partial charge in [0.25, 0.3) is 11.7 Å². The number of aliphatic hydroxyl groups excluding tert-OH is 1. The van der Waals surface area contributed by atoms with Gasteiger partial charge in [0.1, 0.15) is 23.0 Å². The van der Waals surface area contributed by atoms with Gasteiger partial charge in [0.15, 0.2) is 0 Å². The largest absolute Gasteiger partial charge is 0.507 e. The molecule has 1 aliphatic rings. The Balaban J connectivity index is 1.79. The first kappa shape index (κ1) is 27.8. The van der Waals surface area contributed by atoms with E-state index in [0.717, 1.165) is 22.6 Å². The van der Waals surface area contributed by atoms with E-state index in [0.29, 0.717) is 29.9 Å². The zero-order valence-electron chi connectivity index (χ0n) is 23.1. The molecule has 0 bridgehead atoms. The highest BCUT2D eigenvalue weighted by atomic mass is 16.5. The number of rotatable bonds is 10. The number of ketones is 1. The number of hydrogen-bond donors (Lipinski definition) is 1. The number of carbonyl (C=O) groups excluding carboxylic acids is 2. The zero-order valence-corrected chi connectivity index (χ0v) is 23.1. The maximum absolute atomic E-state index is 13.5. The Morgan fingerprint density at radius 1 is 0.949 bits per heavy atom. The monoisotopic (exact) mass is 529 g/mol. The maximum Gasteiger partial charge on any atom is 0.295 e. The highest BCUT2D eigenvalue weighted by Gasteiger charge is 2.46. The summed E-state index contributed by atoms with van der Waals surface area (Å²) in [5, 5.41) is 11.5. The molecule has 7 heteroatoms. The minimum Gasteiger partial charge on any atom is -0.507 e. The van der Waals surface area contributed by atoms with Gasteiger partial charge in [0.05, 0.1) is 32.4 Å². The van der Waals surface area contributed by atoms with Crippen LogP contribution in [0.1, 0.15) is 55.0 Å². The number of likely N-dealkylation sites (tertiary alicyclic amines) is 1. The van der Waals surface area contributed by atoms with Crippen LogP contribution in [0.2, 0.25) is 0 Å². The molecule has 1 fully saturated rings. The van der Waals surface area contributed by atoms with Crippen LogP contribution >= 0.6 is 0 Å². The van der Waals surface area contributed by atoms with Gasteiger partial charge in [0.2, 0.25) is 0 Å². The molecule has 204 valence electrons. The van der Waals surface area contributed by atoms with Crippen LogP contribution < -0.4 is 14.2 Å². The number of carbonyl (C=O) groups is 2. The van der Waals surface area contributed by atoms with E-state index in [1.54, 1.807) is 38.5 Å². The average molecular weight is 530 g/mol. The first-order valence-corrected chi connectivity index (χ1v) is 13.1. The summed E-state index contributed by atoms with van der Waals surface area (Å²) in [6, 6.07) is 19.4. The summed E-state index contributed by atoms with van der Waals surface area (Å²) in [6.07, 6.45) is 0.526. The number of aliphatic hydroxyl groups is 1. The molecular weight excluding hydrogens is 494 g/mol. The molecule has 1 amide bonds. The zero-order chi connectivity index (χ0) is 28.1. The van der Waals surface area contributed by atoms with Crippen molar-refractivity contribution in [3.05, 3.63) is 94.6 Å². The third-order valence-corrected chi connectivity index (χ3v) is 6.96. The van der Waals surface area contributed by atoms with Crippen LogP contribution in [0.3, 0.4) is 0 Å². The molecule has 1 saturated heterocycles. The van der Waals surface area contributed by atoms with Crippen molar-refractivity contribution in [3.63, 3.8) is 0 Å². The summed E-state index contributed by atoms with van der Waals surface area (Å²) in [5.41, 5.74) is 3.10. The summed E-state index contributed by atoms with van der Waals surface area (Å²) >= 11 is 0. The normalized spacial score (nSPS) is 16.6. The molecule has 0 aromatic heterocycles. The third-order valence-electron chi connectivity index (χ3n) is 6.96. The lowest BCUT2D eigenvalue weighted by Gasteiger charge is -2.26. The minimum absolute atomic E-state index is 0.0573. The Bertz CT molecular complexity index is 1380. The smallest absolute Gasteiger partial charge is 0.295 e. The fourth-order valence-electron chi connectivity index (χ4n) is 4.90. The topological polar surface area (TPSA) is 85.3 Å². The summed E-state index contributed by atoms with van der Waals surface area (Å²) in [7, 11) is 3.17. The number of benzene rings is 3. The molecule has 0 radical (unpaired) electrons. The molecule has 1 N–H and O–H groups in total. The molecule has 0 spiro atoms. The van der Waals surface area contributed by atoms with Crippen molar-refractivity contribution < 1.29 is 28.9 Å². The molecule has 0 saturated carbocycles. The second-order valence-corrected chi connectivity index (χ2v) is 9.71. The lowest BCUT2D eigenvalue weighted by atomic mass is 9.93. The van der Waals surface area contributed by atoms with Gasteiger partial charge in [-0.05, 0) is 78.4 Å². The molecule has 1 aliphatic heterocycles. The van der Waals surface area contributed by atoms with Crippen molar-refractivity contribution in [2.24, 2.45) is 0 Å². The summed E-state index contributed by atoms with van der Waals surface area (Å²) < 4.78 is 16.4. The predicted octanol–water partition coefficient (Wildman–Crippen LogP) is 5.89. The van der Waals surface area contributed by atoms with Crippen LogP contribution in [0.15, 0.2) is 72.3 Å². The first-order chi connectivity index (χ1) is 18.8. The number of ether oxygens (including phenoxy) is 3. The highest BCUT2D eigenvalue weighted by molar-refractivity contribution is 6.46. The quantitative estimate of drug-likeness (QED) is 0.200. The van der Waals surface area contributed by atoms with Crippen LogP contribution in [0.5, 0.6) is 17.2 Å². The van der Waals surface area contributed by atoms with E-state index in [1.807, 2.05) is 63.2 Å². The second-order valence-electron chi connectivity index (χ2n) is 9.71. The van der Waals surface area contributed by atoms with Gasteiger partial charge in [-0.25, -0.2) is 0 Å². The predicted molar refractivity (Wildman–Crippen MR) is 150 cm³/mol. The van der Waals surface area contributed by atoms with Gasteiger partial charge >= 0.3 is 0 Å². The Kier molecular flexibility index (Phi) is 8.59. The Hall–Kier alpha value is -4.26. The summed E-state index contributed by atoms with van der Waals surface area (Å²) in [5.74, 6) is 0.623. The molecule has 0 aliphatic carbocycles. The van der Waals surface area contributed by atoms with Gasteiger partial charge < -0.3 is 24.2 Å². The van der Waals surface area contributed by atoms with Crippen molar-refractivity contribution in [1.82, 2.24) is 4.90 Å². The molecule has 7 nitrogen and oxygen atoms in total. The van der Waals surface area contributed by atoms with Gasteiger partial charge in [-0.3, -0.25) is 9.59 Å². The fourth-order valence-corrected chi connectivity index (χ4v) is 4.90. The standard InChI is InChI=1S/C32H35NO6/c1-6-39-27-15-12-23(19-26(27)20(2)3)30(34)28-29(22-8-7-9-25(18-22)38-5)33(32(36)31(28)35)17-16-21-10-13-24(37-4)14-11-21/h7-15,18-20,29,34H,6,16-17H2,1-5H3/b30-28-. The molecule has 1 unspecified atom stereocenters. The van der Waals surface area contributed by atoms with E-state index in [-0.39, 0.29) is 23.8 Å². The Morgan fingerprint density at radius 3 is 2.31 bits per heavy atom. The van der Waals surface area contributed by atoms with Crippen LogP contribution in [0.25, 0.3) is 5.76 Å². The number of amides is 1. The van der Waals surface area contributed by atoms with E-state index >= 15 is 0 Å². The molecule has 39 heavy (non-hydrogen) atoms. The van der Waals surface area contributed by atoms with Gasteiger partial charge in [-0.2, -0.15) is 0 Å². The highest BCUT2D eigenvalue weighted by Crippen LogP contribution is 2.41. The number of nitrogens with zero attached hydrogens (tertiary/aromatic N) is 1. The summed E-state index contributed by atoms with van der Waals surface area (Å²) in [6.45, 7) is 6.79. The number of Topliss-reactive ketones (excluding diaryl/α,β-unsaturated/α-hetero) is 1. The van der Waals surface area contributed by atoms with Crippen molar-refractivity contribution in [3.8, 4) is 17.2 Å². The maximum atomic E-state index is 13.5. The van der Waals surface area contributed by atoms with Gasteiger partial charge in [-0.1, -0.05) is 38.1 Å². The van der Waals surface area contributed by atoms with E-state index in [2.05, 4.69) is 0 Å². The van der Waals surface area contributed by atoms with Crippen molar-refractivity contribution >= 4 is 17.4 Å². The molecule has 1 heterocycles. The van der Waals surface area contributed by atoms with E-state index < -0.39 is 17.7 Å². The number of methoxy groups -OCH3 is 2. The summed E-state index contributed by atoms with van der Waals surface area (Å²) in [4.78, 5) is 28.4. The third kappa shape index (κ3) is 5.77. The van der Waals surface area contributed by atoms with E-state index in [9.17, 15) is 14.7 Å². The van der Waals surface area contributed by atoms with Crippen molar-refractivity contribution in [2.45, 2.75) is 39.2 Å². The molecule has 4 rings (SSSR count). The first-order valence-electron chi connectivity index (χ1n) is 13.1. The SMILES string of the molecule is CCOc1ccc(/C(O)=C2/C(=O)C(=O)N(CCc3ccc(OC)cc3)C2c2cccc(OC)c2)cc1C(C)C. The molecular formula is C32H35NO6. The lowest BCUT2D eigenvalue weighted by Crippen LogP contribution is -2.31. The minimum atomic E-state index is -0.771. The van der Waals surface area contributed by atoms with Crippen LogP contribution in [-0.2, 0) is 16.0 Å². The van der Waals surface area contributed by atoms with Crippen molar-refractivity contribution in [2.75, 3.05) is 27.4 Å². The van der Waals surface area contributed by atoms with Crippen LogP contribution in [0.4, 0.5) is 0 Å².